The number of aryl methyl sites for hydroxylation is 1. The van der Waals surface area contributed by atoms with Crippen LogP contribution in [0.15, 0.2) is 16.6 Å². The van der Waals surface area contributed by atoms with Crippen LogP contribution >= 0.6 is 15.9 Å². The van der Waals surface area contributed by atoms with Gasteiger partial charge in [0, 0.05) is 11.6 Å². The van der Waals surface area contributed by atoms with Gasteiger partial charge in [-0.15, -0.1) is 0 Å². The molecule has 2 nitrogen and oxygen atoms in total. The molecule has 0 atom stereocenters. The number of anilines is 1. The second-order valence-corrected chi connectivity index (χ2v) is 6.38. The van der Waals surface area contributed by atoms with Crippen molar-refractivity contribution in [1.29, 1.82) is 0 Å². The lowest BCUT2D eigenvalue weighted by Gasteiger charge is -2.25. The largest absolute Gasteiger partial charge is 0.326 e. The summed E-state index contributed by atoms with van der Waals surface area (Å²) in [5.41, 5.74) is 1.44. The number of hydrogen-bond donors (Lipinski definition) is 1. The molecule has 1 aliphatic carbocycles. The Balaban J connectivity index is 2.05. The van der Waals surface area contributed by atoms with E-state index in [4.69, 9.17) is 0 Å². The van der Waals surface area contributed by atoms with Crippen molar-refractivity contribution < 1.29 is 9.18 Å². The Morgan fingerprint density at radius 2 is 1.95 bits per heavy atom. The number of rotatable bonds is 2. The van der Waals surface area contributed by atoms with E-state index >= 15 is 0 Å². The van der Waals surface area contributed by atoms with Crippen LogP contribution < -0.4 is 5.32 Å². The molecule has 19 heavy (non-hydrogen) atoms. The zero-order valence-electron chi connectivity index (χ0n) is 11.3. The van der Waals surface area contributed by atoms with Crippen molar-refractivity contribution in [2.45, 2.75) is 39.5 Å². The number of hydrogen-bond acceptors (Lipinski definition) is 1. The van der Waals surface area contributed by atoms with Gasteiger partial charge in [0.15, 0.2) is 0 Å². The summed E-state index contributed by atoms with van der Waals surface area (Å²) in [5.74, 6) is 0.584. The van der Waals surface area contributed by atoms with Gasteiger partial charge in [-0.3, -0.25) is 4.79 Å². The summed E-state index contributed by atoms with van der Waals surface area (Å²) in [5, 5.41) is 2.93. The monoisotopic (exact) mass is 327 g/mol. The van der Waals surface area contributed by atoms with Gasteiger partial charge in [-0.25, -0.2) is 4.39 Å². The molecule has 0 heterocycles. The molecule has 1 aromatic carbocycles. The van der Waals surface area contributed by atoms with E-state index in [1.807, 2.05) is 0 Å². The van der Waals surface area contributed by atoms with E-state index < -0.39 is 0 Å². The summed E-state index contributed by atoms with van der Waals surface area (Å²) in [7, 11) is 0. The SMILES string of the molecule is Cc1cc(F)c(Br)cc1NC(=O)C1CCC(C)CC1. The molecule has 1 amide bonds. The van der Waals surface area contributed by atoms with Crippen LogP contribution in [-0.2, 0) is 4.79 Å². The number of halogens is 2. The molecule has 1 saturated carbocycles. The maximum Gasteiger partial charge on any atom is 0.227 e. The Morgan fingerprint density at radius 3 is 2.58 bits per heavy atom. The molecule has 1 N–H and O–H groups in total. The number of amides is 1. The van der Waals surface area contributed by atoms with E-state index in [-0.39, 0.29) is 17.6 Å². The van der Waals surface area contributed by atoms with Crippen LogP contribution in [0.1, 0.15) is 38.2 Å². The van der Waals surface area contributed by atoms with Gasteiger partial charge in [-0.2, -0.15) is 0 Å². The zero-order chi connectivity index (χ0) is 14.0. The third-order valence-electron chi connectivity index (χ3n) is 3.91. The molecular formula is C15H19BrFNO. The zero-order valence-corrected chi connectivity index (χ0v) is 12.9. The van der Waals surface area contributed by atoms with Crippen LogP contribution in [0.2, 0.25) is 0 Å². The van der Waals surface area contributed by atoms with Crippen molar-refractivity contribution in [1.82, 2.24) is 0 Å². The van der Waals surface area contributed by atoms with Crippen molar-refractivity contribution in [3.63, 3.8) is 0 Å². The minimum Gasteiger partial charge on any atom is -0.326 e. The highest BCUT2D eigenvalue weighted by atomic mass is 79.9. The van der Waals surface area contributed by atoms with Gasteiger partial charge >= 0.3 is 0 Å². The van der Waals surface area contributed by atoms with Crippen LogP contribution in [-0.4, -0.2) is 5.91 Å². The van der Waals surface area contributed by atoms with Crippen LogP contribution in [0.3, 0.4) is 0 Å². The fourth-order valence-electron chi connectivity index (χ4n) is 2.54. The van der Waals surface area contributed by atoms with Crippen LogP contribution in [0.25, 0.3) is 0 Å². The van der Waals surface area contributed by atoms with E-state index in [9.17, 15) is 9.18 Å². The maximum atomic E-state index is 13.3. The quantitative estimate of drug-likeness (QED) is 0.840. The Kier molecular flexibility index (Phi) is 4.61. The standard InChI is InChI=1S/C15H19BrFNO/c1-9-3-5-11(6-4-9)15(19)18-14-8-12(16)13(17)7-10(14)2/h7-9,11H,3-6H2,1-2H3,(H,18,19). The topological polar surface area (TPSA) is 29.1 Å². The Hall–Kier alpha value is -0.900. The third kappa shape index (κ3) is 3.56. The van der Waals surface area contributed by atoms with Crippen molar-refractivity contribution in [2.24, 2.45) is 11.8 Å². The molecule has 0 aromatic heterocycles. The van der Waals surface area contributed by atoms with Crippen LogP contribution in [0, 0.1) is 24.6 Å². The van der Waals surface area contributed by atoms with E-state index in [1.165, 1.54) is 6.07 Å². The minimum atomic E-state index is -0.304. The summed E-state index contributed by atoms with van der Waals surface area (Å²) in [6.45, 7) is 4.03. The predicted octanol–water partition coefficient (Wildman–Crippen LogP) is 4.66. The first kappa shape index (κ1) is 14.5. The Morgan fingerprint density at radius 1 is 1.32 bits per heavy atom. The lowest BCUT2D eigenvalue weighted by Crippen LogP contribution is -2.26. The summed E-state index contributed by atoms with van der Waals surface area (Å²) in [4.78, 5) is 12.2. The van der Waals surface area contributed by atoms with Crippen molar-refractivity contribution in [3.8, 4) is 0 Å². The molecule has 2 rings (SSSR count). The van der Waals surface area contributed by atoms with Gasteiger partial charge < -0.3 is 5.32 Å². The lowest BCUT2D eigenvalue weighted by molar-refractivity contribution is -0.121. The predicted molar refractivity (Wildman–Crippen MR) is 78.6 cm³/mol. The van der Waals surface area contributed by atoms with E-state index in [2.05, 4.69) is 28.2 Å². The molecule has 1 aliphatic rings. The number of nitrogens with one attached hydrogen (secondary N) is 1. The van der Waals surface area contributed by atoms with Gasteiger partial charge in [-0.1, -0.05) is 6.92 Å². The van der Waals surface area contributed by atoms with Gasteiger partial charge in [-0.05, 0) is 72.2 Å². The first-order valence-electron chi connectivity index (χ1n) is 6.74. The maximum absolute atomic E-state index is 13.3. The molecule has 0 radical (unpaired) electrons. The molecule has 0 bridgehead atoms. The summed E-state index contributed by atoms with van der Waals surface area (Å²) in [6, 6.07) is 3.07. The second-order valence-electron chi connectivity index (χ2n) is 5.53. The highest BCUT2D eigenvalue weighted by molar-refractivity contribution is 9.10. The van der Waals surface area contributed by atoms with E-state index in [1.54, 1.807) is 13.0 Å². The van der Waals surface area contributed by atoms with Crippen molar-refractivity contribution in [3.05, 3.63) is 28.0 Å². The van der Waals surface area contributed by atoms with Crippen LogP contribution in [0.5, 0.6) is 0 Å². The molecule has 104 valence electrons. The first-order chi connectivity index (χ1) is 8.97. The Labute approximate surface area is 121 Å². The summed E-state index contributed by atoms with van der Waals surface area (Å²) < 4.78 is 13.7. The number of carbonyl (C=O) groups excluding carboxylic acids is 1. The summed E-state index contributed by atoms with van der Waals surface area (Å²) >= 11 is 3.15. The van der Waals surface area contributed by atoms with Crippen LogP contribution in [0.4, 0.5) is 10.1 Å². The smallest absolute Gasteiger partial charge is 0.227 e. The first-order valence-corrected chi connectivity index (χ1v) is 7.53. The van der Waals surface area contributed by atoms with Gasteiger partial charge in [0.05, 0.1) is 4.47 Å². The number of carbonyl (C=O) groups is 1. The molecular weight excluding hydrogens is 309 g/mol. The highest BCUT2D eigenvalue weighted by Crippen LogP contribution is 2.30. The van der Waals surface area contributed by atoms with E-state index in [0.717, 1.165) is 37.2 Å². The van der Waals surface area contributed by atoms with Gasteiger partial charge in [0.2, 0.25) is 5.91 Å². The molecule has 0 unspecified atom stereocenters. The molecule has 0 aliphatic heterocycles. The minimum absolute atomic E-state index is 0.0634. The fraction of sp³-hybridized carbons (Fsp3) is 0.533. The average molecular weight is 328 g/mol. The van der Waals surface area contributed by atoms with Crippen molar-refractivity contribution in [2.75, 3.05) is 5.32 Å². The fourth-order valence-corrected chi connectivity index (χ4v) is 2.88. The Bertz CT molecular complexity index is 481. The molecule has 4 heteroatoms. The lowest BCUT2D eigenvalue weighted by atomic mass is 9.82. The average Bonchev–Trinajstić information content (AvgIpc) is 2.36. The second kappa shape index (κ2) is 6.04. The molecule has 0 spiro atoms. The molecule has 1 aromatic rings. The van der Waals surface area contributed by atoms with Gasteiger partial charge in [0.25, 0.3) is 0 Å². The van der Waals surface area contributed by atoms with Gasteiger partial charge in [0.1, 0.15) is 5.82 Å². The highest BCUT2D eigenvalue weighted by Gasteiger charge is 2.24. The molecule has 0 saturated heterocycles. The normalized spacial score (nSPS) is 23.2. The molecule has 1 fully saturated rings. The van der Waals surface area contributed by atoms with E-state index in [0.29, 0.717) is 10.2 Å². The third-order valence-corrected chi connectivity index (χ3v) is 4.52. The summed E-state index contributed by atoms with van der Waals surface area (Å²) in [6.07, 6.45) is 4.14. The van der Waals surface area contributed by atoms with Crippen molar-refractivity contribution >= 4 is 27.5 Å². The number of benzene rings is 1.